The van der Waals surface area contributed by atoms with Crippen molar-refractivity contribution in [2.75, 3.05) is 6.54 Å². The first kappa shape index (κ1) is 36.2. The van der Waals surface area contributed by atoms with Crippen molar-refractivity contribution in [1.82, 2.24) is 16.0 Å². The number of carbonyl (C=O) groups excluding carboxylic acids is 3. The van der Waals surface area contributed by atoms with Crippen LogP contribution in [0.2, 0.25) is 14.8 Å². The van der Waals surface area contributed by atoms with Gasteiger partial charge in [-0.05, 0) is 33.6 Å². The molecule has 1 aromatic carbocycles. The van der Waals surface area contributed by atoms with Gasteiger partial charge in [-0.1, -0.05) is 0 Å². The molecule has 230 valence electrons. The van der Waals surface area contributed by atoms with Crippen LogP contribution >= 0.6 is 0 Å². The average molecular weight is 684 g/mol. The summed E-state index contributed by atoms with van der Waals surface area (Å²) >= 11 is -2.06. The van der Waals surface area contributed by atoms with Crippen LogP contribution in [-0.4, -0.2) is 82.7 Å². The van der Waals surface area contributed by atoms with Gasteiger partial charge in [0.2, 0.25) is 0 Å². The number of carbonyl (C=O) groups is 5. The Balaban J connectivity index is 2.50. The van der Waals surface area contributed by atoms with Crippen LogP contribution in [0.4, 0.5) is 4.79 Å². The van der Waals surface area contributed by atoms with Crippen molar-refractivity contribution in [3.63, 3.8) is 0 Å². The van der Waals surface area contributed by atoms with Crippen molar-refractivity contribution in [2.45, 2.75) is 105 Å². The number of rotatable bonds is 17. The molecule has 0 radical (unpaired) electrons. The maximum Gasteiger partial charge on any atom is 0.326 e. The molecule has 2 atom stereocenters. The molecule has 11 nitrogen and oxygen atoms in total. The number of hydrogen-bond donors (Lipinski definition) is 5. The minimum atomic E-state index is -2.06. The summed E-state index contributed by atoms with van der Waals surface area (Å²) in [5.74, 6) is -3.29. The molecule has 0 aliphatic heterocycles. The molecule has 0 saturated carbocycles. The van der Waals surface area contributed by atoms with Gasteiger partial charge in [-0.15, -0.1) is 0 Å². The van der Waals surface area contributed by atoms with Crippen molar-refractivity contribution in [3.05, 3.63) is 29.8 Å². The van der Waals surface area contributed by atoms with E-state index in [0.717, 1.165) is 12.8 Å². The van der Waals surface area contributed by atoms with Gasteiger partial charge in [0.25, 0.3) is 0 Å². The quantitative estimate of drug-likeness (QED) is 0.0947. The predicted octanol–water partition coefficient (Wildman–Crippen LogP) is 3.17. The third kappa shape index (κ3) is 16.3. The van der Waals surface area contributed by atoms with Crippen LogP contribution in [0.1, 0.15) is 71.3 Å². The number of unbranched alkanes of at least 4 members (excludes halogenated alkanes) is 1. The summed E-state index contributed by atoms with van der Waals surface area (Å²) in [5.41, 5.74) is 0.419. The van der Waals surface area contributed by atoms with Gasteiger partial charge in [-0.3, -0.25) is 4.79 Å². The molecule has 0 fully saturated rings. The van der Waals surface area contributed by atoms with Gasteiger partial charge in [-0.2, -0.15) is 0 Å². The van der Waals surface area contributed by atoms with E-state index in [1.54, 1.807) is 20.8 Å². The molecule has 0 unspecified atom stereocenters. The van der Waals surface area contributed by atoms with Crippen molar-refractivity contribution >= 4 is 51.8 Å². The number of hydrogen-bond acceptors (Lipinski definition) is 6. The van der Waals surface area contributed by atoms with Crippen LogP contribution in [0.3, 0.4) is 0 Å². The first-order valence-corrected chi connectivity index (χ1v) is 24.1. The zero-order valence-corrected chi connectivity index (χ0v) is 28.0. The van der Waals surface area contributed by atoms with Crippen LogP contribution in [0.5, 0.6) is 0 Å². The van der Waals surface area contributed by atoms with E-state index in [1.165, 1.54) is 9.14 Å². The topological polar surface area (TPSA) is 171 Å². The van der Waals surface area contributed by atoms with Gasteiger partial charge in [0.05, 0.1) is 0 Å². The number of ether oxygens (including phenoxy) is 1. The van der Waals surface area contributed by atoms with Gasteiger partial charge in [-0.25, -0.2) is 14.4 Å². The molecule has 0 aliphatic carbocycles. The monoisotopic (exact) mass is 685 g/mol. The summed E-state index contributed by atoms with van der Waals surface area (Å²) in [4.78, 5) is 66.6. The van der Waals surface area contributed by atoms with Crippen molar-refractivity contribution in [2.24, 2.45) is 0 Å². The number of benzene rings is 1. The summed E-state index contributed by atoms with van der Waals surface area (Å²) in [6, 6.07) is 5.36. The van der Waals surface area contributed by atoms with E-state index in [0.29, 0.717) is 25.8 Å². The second-order valence-electron chi connectivity index (χ2n) is 12.2. The smallest absolute Gasteiger partial charge is 0.326 e. The van der Waals surface area contributed by atoms with Gasteiger partial charge in [0.15, 0.2) is 0 Å². The number of nitrogens with one attached hydrogen (secondary N) is 3. The fraction of sp³-hybridized carbons (Fsp3) is 0.621. The number of aryl methyl sites for hydroxylation is 1. The van der Waals surface area contributed by atoms with Crippen LogP contribution in [0, 0.1) is 0 Å². The standard InChI is InChI=1S/C26H38N3O8.3CH3.Sn/c1-26(2,3)37-24(35)20(29-25(36)28-19(23(33)34)15-16-22(31)32)13-7-8-17-27-21(30)14-9-12-18-10-5-4-6-11-18;;;;/h5-6,10-11,19-20H,7-9,12-17H2,1-3H3,(H,27,30)(H,31,32)(H,33,34)(H2,28,29,36);3*1H3;/t19-,20-;;;;/m0..../s1. The summed E-state index contributed by atoms with van der Waals surface area (Å²) < 4.78 is 6.87. The fourth-order valence-electron chi connectivity index (χ4n) is 3.92. The van der Waals surface area contributed by atoms with Crippen molar-refractivity contribution in [1.29, 1.82) is 0 Å². The van der Waals surface area contributed by atoms with E-state index >= 15 is 0 Å². The van der Waals surface area contributed by atoms with Crippen molar-refractivity contribution < 1.29 is 38.9 Å². The van der Waals surface area contributed by atoms with Crippen LogP contribution in [0.25, 0.3) is 0 Å². The maximum absolute atomic E-state index is 12.7. The van der Waals surface area contributed by atoms with E-state index in [9.17, 15) is 29.1 Å². The molecule has 0 bridgehead atoms. The Kier molecular flexibility index (Phi) is 15.2. The average Bonchev–Trinajstić information content (AvgIpc) is 2.84. The third-order valence-corrected chi connectivity index (χ3v) is 12.1. The van der Waals surface area contributed by atoms with Crippen LogP contribution in [-0.2, 0) is 30.3 Å². The second kappa shape index (κ2) is 17.2. The molecule has 5 N–H and O–H groups in total. The summed E-state index contributed by atoms with van der Waals surface area (Å²) in [5, 5.41) is 25.6. The molecule has 0 spiro atoms. The van der Waals surface area contributed by atoms with Gasteiger partial charge < -0.3 is 25.6 Å². The zero-order valence-electron chi connectivity index (χ0n) is 25.2. The van der Waals surface area contributed by atoms with Crippen LogP contribution in [0.15, 0.2) is 24.3 Å². The molecular formula is C29H47N3O8Sn. The van der Waals surface area contributed by atoms with E-state index < -0.39 is 66.4 Å². The van der Waals surface area contributed by atoms with Crippen molar-refractivity contribution in [3.8, 4) is 0 Å². The summed E-state index contributed by atoms with van der Waals surface area (Å²) in [7, 11) is 0. The molecule has 12 heteroatoms. The minimum Gasteiger partial charge on any atom is -0.481 e. The Morgan fingerprint density at radius 3 is 2.00 bits per heavy atom. The van der Waals surface area contributed by atoms with E-state index in [4.69, 9.17) is 9.84 Å². The molecule has 1 aromatic rings. The summed E-state index contributed by atoms with van der Waals surface area (Å²) in [6.45, 7) is 5.48. The number of esters is 1. The van der Waals surface area contributed by atoms with Gasteiger partial charge >= 0.3 is 145 Å². The molecule has 41 heavy (non-hydrogen) atoms. The maximum atomic E-state index is 12.7. The first-order chi connectivity index (χ1) is 19.0. The Hall–Kier alpha value is -2.83. The minimum absolute atomic E-state index is 0.0465. The SMILES string of the molecule is CC(C)(C)OC(=O)[C@H](CCCCNC(=O)CCCc1cc[c]([Sn]([CH3])([CH3])[CH3])cc1)NC(=O)N[C@@H](CCC(=O)O)C(=O)O. The molecule has 0 heterocycles. The van der Waals surface area contributed by atoms with Crippen LogP contribution < -0.4 is 19.5 Å². The zero-order chi connectivity index (χ0) is 31.2. The largest absolute Gasteiger partial charge is 0.481 e. The number of aliphatic carboxylic acids is 2. The van der Waals surface area contributed by atoms with E-state index in [2.05, 4.69) is 55.0 Å². The van der Waals surface area contributed by atoms with Gasteiger partial charge in [0.1, 0.15) is 17.7 Å². The number of amides is 3. The third-order valence-electron chi connectivity index (χ3n) is 6.18. The Bertz CT molecular complexity index is 1030. The Labute approximate surface area is 247 Å². The number of carboxylic acids is 2. The Morgan fingerprint density at radius 1 is 0.854 bits per heavy atom. The molecular weight excluding hydrogens is 637 g/mol. The summed E-state index contributed by atoms with van der Waals surface area (Å²) in [6.07, 6.45) is 2.49. The van der Waals surface area contributed by atoms with E-state index in [-0.39, 0.29) is 18.7 Å². The molecule has 0 aliphatic rings. The second-order valence-corrected chi connectivity index (χ2v) is 26.7. The predicted molar refractivity (Wildman–Crippen MR) is 159 cm³/mol. The Morgan fingerprint density at radius 2 is 1.46 bits per heavy atom. The molecule has 0 saturated heterocycles. The normalized spacial score (nSPS) is 13.0. The fourth-order valence-corrected chi connectivity index (χ4v) is 7.25. The molecule has 1 rings (SSSR count). The first-order valence-electron chi connectivity index (χ1n) is 14.1. The number of urea groups is 1. The van der Waals surface area contributed by atoms with E-state index in [1.807, 2.05) is 0 Å². The number of carboxylic acid groups (broad SMARTS) is 2. The van der Waals surface area contributed by atoms with Gasteiger partial charge in [0, 0.05) is 6.42 Å². The molecule has 0 aromatic heterocycles. The molecule has 3 amide bonds.